The van der Waals surface area contributed by atoms with Gasteiger partial charge in [0.15, 0.2) is 0 Å². The van der Waals surface area contributed by atoms with E-state index in [0.29, 0.717) is 5.06 Å². The van der Waals surface area contributed by atoms with Gasteiger partial charge in [0.25, 0.3) is 0 Å². The minimum atomic E-state index is -4.40. The first-order valence-electron chi connectivity index (χ1n) is 5.41. The highest BCUT2D eigenvalue weighted by Crippen LogP contribution is 2.36. The molecule has 1 radical (unpaired) electrons. The number of urea groups is 1. The summed E-state index contributed by atoms with van der Waals surface area (Å²) in [6.45, 7) is 10.0. The van der Waals surface area contributed by atoms with E-state index in [1.54, 1.807) is 6.92 Å². The zero-order chi connectivity index (χ0) is 15.2. The molecular weight excluding hydrogens is 275 g/mol. The average molecular weight is 293 g/mol. The Labute approximate surface area is 111 Å². The largest absolute Gasteiger partial charge is 0.358 e. The normalized spacial score (nSPS) is 12.5. The average Bonchev–Trinajstić information content (AvgIpc) is 2.22. The molecule has 0 aromatic rings. The Morgan fingerprint density at radius 3 is 2.37 bits per heavy atom. The van der Waals surface area contributed by atoms with Crippen molar-refractivity contribution in [3.8, 4) is 0 Å². The van der Waals surface area contributed by atoms with Crippen LogP contribution >= 0.6 is 7.60 Å². The van der Waals surface area contributed by atoms with Crippen LogP contribution in [0.25, 0.3) is 0 Å². The van der Waals surface area contributed by atoms with Gasteiger partial charge in [0.05, 0.1) is 12.2 Å². The van der Waals surface area contributed by atoms with Gasteiger partial charge in [-0.05, 0) is 20.8 Å². The maximum absolute atomic E-state index is 11.6. The van der Waals surface area contributed by atoms with Gasteiger partial charge in [-0.15, -0.1) is 5.06 Å². The van der Waals surface area contributed by atoms with E-state index in [0.717, 1.165) is 0 Å². The fourth-order valence-electron chi connectivity index (χ4n) is 1.03. The van der Waals surface area contributed by atoms with Gasteiger partial charge in [0, 0.05) is 12.1 Å². The Morgan fingerprint density at radius 2 is 2.00 bits per heavy atom. The lowest BCUT2D eigenvalue weighted by atomic mass is 10.3. The topological polar surface area (TPSA) is 116 Å². The zero-order valence-corrected chi connectivity index (χ0v) is 11.7. The van der Waals surface area contributed by atoms with Crippen molar-refractivity contribution in [1.29, 1.82) is 0 Å². The second-order valence-electron chi connectivity index (χ2n) is 3.82. The van der Waals surface area contributed by atoms with Gasteiger partial charge in [-0.2, -0.15) is 0 Å². The highest BCUT2D eigenvalue weighted by molar-refractivity contribution is 7.51. The van der Waals surface area contributed by atoms with Gasteiger partial charge >= 0.3 is 19.6 Å². The van der Waals surface area contributed by atoms with Crippen LogP contribution in [0.5, 0.6) is 0 Å². The Hall–Kier alpha value is -1.37. The molecule has 0 aliphatic heterocycles. The van der Waals surface area contributed by atoms with Crippen molar-refractivity contribution < 1.29 is 28.8 Å². The molecule has 1 atom stereocenters. The van der Waals surface area contributed by atoms with Gasteiger partial charge in [-0.25, -0.2) is 9.59 Å². The van der Waals surface area contributed by atoms with E-state index in [9.17, 15) is 14.2 Å². The lowest BCUT2D eigenvalue weighted by Gasteiger charge is -2.27. The quantitative estimate of drug-likeness (QED) is 0.384. The molecule has 0 aromatic carbocycles. The summed E-state index contributed by atoms with van der Waals surface area (Å²) in [5.74, 6) is -0.884. The molecule has 8 nitrogen and oxygen atoms in total. The smallest absolute Gasteiger partial charge is 0.336 e. The minimum absolute atomic E-state index is 0.0395. The standard InChI is InChI=1S/C10H18N2O6P/c1-5-11-10(14)12(18-9(13)7(2)3)8(4)6-19(15,16)17/h8H,2,4-6H2,1,3H3,(H,11,14)(H2,15,16,17). The monoisotopic (exact) mass is 293 g/mol. The third-order valence-electron chi connectivity index (χ3n) is 1.84. The lowest BCUT2D eigenvalue weighted by molar-refractivity contribution is -0.175. The van der Waals surface area contributed by atoms with Crippen LogP contribution in [0.15, 0.2) is 12.2 Å². The van der Waals surface area contributed by atoms with Crippen molar-refractivity contribution >= 4 is 19.6 Å². The van der Waals surface area contributed by atoms with Crippen molar-refractivity contribution in [3.63, 3.8) is 0 Å². The number of nitrogens with one attached hydrogen (secondary N) is 1. The fourth-order valence-corrected chi connectivity index (χ4v) is 1.72. The molecule has 0 bridgehead atoms. The molecule has 0 saturated heterocycles. The Kier molecular flexibility index (Phi) is 6.75. The van der Waals surface area contributed by atoms with E-state index in [4.69, 9.17) is 14.6 Å². The minimum Gasteiger partial charge on any atom is -0.336 e. The highest BCUT2D eigenvalue weighted by Gasteiger charge is 2.30. The molecule has 0 rings (SSSR count). The summed E-state index contributed by atoms with van der Waals surface area (Å²) in [5.41, 5.74) is 0.0395. The summed E-state index contributed by atoms with van der Waals surface area (Å²) in [4.78, 5) is 45.4. The number of carbonyl (C=O) groups excluding carboxylic acids is 2. The van der Waals surface area contributed by atoms with E-state index in [-0.39, 0.29) is 12.1 Å². The van der Waals surface area contributed by atoms with Crippen LogP contribution in [0.4, 0.5) is 4.79 Å². The molecule has 3 N–H and O–H groups in total. The Morgan fingerprint density at radius 1 is 1.47 bits per heavy atom. The number of amides is 2. The third-order valence-corrected chi connectivity index (χ3v) is 2.74. The van der Waals surface area contributed by atoms with Crippen LogP contribution in [0.2, 0.25) is 0 Å². The number of hydrogen-bond acceptors (Lipinski definition) is 4. The summed E-state index contributed by atoms with van der Waals surface area (Å²) in [6, 6.07) is -2.04. The first kappa shape index (κ1) is 17.6. The summed E-state index contributed by atoms with van der Waals surface area (Å²) < 4.78 is 10.9. The van der Waals surface area contributed by atoms with E-state index < -0.39 is 31.8 Å². The van der Waals surface area contributed by atoms with Crippen LogP contribution in [0.1, 0.15) is 13.8 Å². The number of nitrogens with zero attached hydrogens (tertiary/aromatic N) is 1. The molecule has 19 heavy (non-hydrogen) atoms. The van der Waals surface area contributed by atoms with E-state index in [1.807, 2.05) is 0 Å². The highest BCUT2D eigenvalue weighted by atomic mass is 31.2. The summed E-state index contributed by atoms with van der Waals surface area (Å²) in [7, 11) is -4.40. The molecule has 109 valence electrons. The van der Waals surface area contributed by atoms with Crippen molar-refractivity contribution in [3.05, 3.63) is 19.1 Å². The van der Waals surface area contributed by atoms with Gasteiger partial charge < -0.3 is 19.9 Å². The predicted molar refractivity (Wildman–Crippen MR) is 67.9 cm³/mol. The van der Waals surface area contributed by atoms with Gasteiger partial charge in [0.2, 0.25) is 0 Å². The van der Waals surface area contributed by atoms with Crippen LogP contribution in [-0.2, 0) is 14.2 Å². The molecule has 0 heterocycles. The first-order valence-corrected chi connectivity index (χ1v) is 7.20. The summed E-state index contributed by atoms with van der Waals surface area (Å²) >= 11 is 0. The number of rotatable bonds is 5. The summed E-state index contributed by atoms with van der Waals surface area (Å²) in [5, 5.41) is 2.84. The molecular formula is C10H18N2O6P. The maximum atomic E-state index is 11.6. The second-order valence-corrected chi connectivity index (χ2v) is 5.52. The van der Waals surface area contributed by atoms with Crippen LogP contribution in [0.3, 0.4) is 0 Å². The molecule has 0 saturated carbocycles. The molecule has 0 spiro atoms. The Bertz CT molecular complexity index is 405. The van der Waals surface area contributed by atoms with Gasteiger partial charge in [0.1, 0.15) is 0 Å². The molecule has 1 unspecified atom stereocenters. The summed E-state index contributed by atoms with van der Waals surface area (Å²) in [6.07, 6.45) is -0.729. The molecule has 0 aromatic heterocycles. The molecule has 0 aliphatic rings. The van der Waals surface area contributed by atoms with Crippen LogP contribution < -0.4 is 5.32 Å². The third kappa shape index (κ3) is 6.95. The molecule has 9 heteroatoms. The molecule has 2 amide bonds. The van der Waals surface area contributed by atoms with Crippen LogP contribution in [0, 0.1) is 6.92 Å². The van der Waals surface area contributed by atoms with E-state index in [1.165, 1.54) is 6.92 Å². The second kappa shape index (κ2) is 7.28. The van der Waals surface area contributed by atoms with Crippen molar-refractivity contribution in [2.45, 2.75) is 19.9 Å². The lowest BCUT2D eigenvalue weighted by Crippen LogP contribution is -2.47. The van der Waals surface area contributed by atoms with E-state index >= 15 is 0 Å². The predicted octanol–water partition coefficient (Wildman–Crippen LogP) is 0.433. The number of hydrogen-bond donors (Lipinski definition) is 3. The van der Waals surface area contributed by atoms with Gasteiger partial charge in [-0.3, -0.25) is 4.57 Å². The van der Waals surface area contributed by atoms with E-state index in [2.05, 4.69) is 18.8 Å². The maximum Gasteiger partial charge on any atom is 0.358 e. The van der Waals surface area contributed by atoms with Crippen LogP contribution in [-0.4, -0.2) is 45.6 Å². The molecule has 0 fully saturated rings. The van der Waals surface area contributed by atoms with Gasteiger partial charge in [-0.1, -0.05) is 6.58 Å². The number of hydroxylamine groups is 2. The zero-order valence-electron chi connectivity index (χ0n) is 10.8. The fraction of sp³-hybridized carbons (Fsp3) is 0.500. The van der Waals surface area contributed by atoms with Crippen molar-refractivity contribution in [2.24, 2.45) is 0 Å². The number of carbonyl (C=O) groups is 2. The SMILES string of the molecule is [CH2]C(CP(=O)(O)O)N(OC(=O)C(=C)C)C(=O)NCC. The van der Waals surface area contributed by atoms with Crippen molar-refractivity contribution in [1.82, 2.24) is 10.4 Å². The Balaban J connectivity index is 4.95. The van der Waals surface area contributed by atoms with Crippen molar-refractivity contribution in [2.75, 3.05) is 12.7 Å². The first-order chi connectivity index (χ1) is 8.58. The molecule has 0 aliphatic carbocycles.